The summed E-state index contributed by atoms with van der Waals surface area (Å²) in [5.74, 6) is 0.0260. The van der Waals surface area contributed by atoms with Crippen LogP contribution in [0, 0.1) is 0 Å². The predicted octanol–water partition coefficient (Wildman–Crippen LogP) is 3.06. The molecule has 100 valence electrons. The van der Waals surface area contributed by atoms with Crippen LogP contribution < -0.4 is 5.73 Å². The number of hydrogen-bond donors (Lipinski definition) is 1. The second-order valence-electron chi connectivity index (χ2n) is 4.25. The molecule has 0 saturated carbocycles. The smallest absolute Gasteiger partial charge is 0.253 e. The molecule has 1 aromatic carbocycles. The van der Waals surface area contributed by atoms with Crippen LogP contribution in [0.5, 0.6) is 0 Å². The van der Waals surface area contributed by atoms with E-state index in [1.807, 2.05) is 24.3 Å². The van der Waals surface area contributed by atoms with Gasteiger partial charge in [-0.25, -0.2) is 0 Å². The van der Waals surface area contributed by atoms with E-state index in [0.717, 1.165) is 4.90 Å². The van der Waals surface area contributed by atoms with Crippen molar-refractivity contribution in [2.45, 2.75) is 15.6 Å². The normalized spacial score (nSPS) is 10.5. The van der Waals surface area contributed by atoms with Crippen LogP contribution in [-0.4, -0.2) is 24.9 Å². The SMILES string of the molecule is CN(C)C(=O)c1ccc(Sc2ccc(CN)s2)cc1. The first-order valence-corrected chi connectivity index (χ1v) is 7.52. The fourth-order valence-electron chi connectivity index (χ4n) is 1.56. The molecule has 2 aromatic rings. The van der Waals surface area contributed by atoms with Crippen LogP contribution in [0.4, 0.5) is 0 Å². The van der Waals surface area contributed by atoms with Crippen molar-refractivity contribution in [3.05, 3.63) is 46.8 Å². The predicted molar refractivity (Wildman–Crippen MR) is 80.8 cm³/mol. The molecule has 0 aliphatic carbocycles. The van der Waals surface area contributed by atoms with Gasteiger partial charge >= 0.3 is 0 Å². The number of amides is 1. The molecular formula is C14H16N2OS2. The summed E-state index contributed by atoms with van der Waals surface area (Å²) in [6, 6.07) is 11.8. The monoisotopic (exact) mass is 292 g/mol. The molecule has 0 bridgehead atoms. The summed E-state index contributed by atoms with van der Waals surface area (Å²) in [6.45, 7) is 0.585. The average molecular weight is 292 g/mol. The molecule has 0 aliphatic heterocycles. The Bertz CT molecular complexity index is 561. The average Bonchev–Trinajstić information content (AvgIpc) is 2.86. The Morgan fingerprint density at radius 1 is 1.21 bits per heavy atom. The van der Waals surface area contributed by atoms with Crippen LogP contribution in [0.1, 0.15) is 15.2 Å². The number of carbonyl (C=O) groups is 1. The molecule has 0 saturated heterocycles. The Hall–Kier alpha value is -1.30. The Morgan fingerprint density at radius 3 is 2.42 bits per heavy atom. The zero-order chi connectivity index (χ0) is 13.8. The number of thiophene rings is 1. The van der Waals surface area contributed by atoms with Gasteiger partial charge in [0.1, 0.15) is 0 Å². The van der Waals surface area contributed by atoms with E-state index in [2.05, 4.69) is 12.1 Å². The zero-order valence-electron chi connectivity index (χ0n) is 10.9. The van der Waals surface area contributed by atoms with E-state index < -0.39 is 0 Å². The van der Waals surface area contributed by atoms with Crippen LogP contribution in [0.25, 0.3) is 0 Å². The maximum absolute atomic E-state index is 11.8. The highest BCUT2D eigenvalue weighted by molar-refractivity contribution is 8.01. The maximum Gasteiger partial charge on any atom is 0.253 e. The fraction of sp³-hybridized carbons (Fsp3) is 0.214. The number of benzene rings is 1. The largest absolute Gasteiger partial charge is 0.345 e. The summed E-state index contributed by atoms with van der Waals surface area (Å²) >= 11 is 3.40. The third-order valence-electron chi connectivity index (χ3n) is 2.56. The molecule has 2 rings (SSSR count). The molecule has 19 heavy (non-hydrogen) atoms. The summed E-state index contributed by atoms with van der Waals surface area (Å²) < 4.78 is 1.21. The van der Waals surface area contributed by atoms with Gasteiger partial charge in [-0.2, -0.15) is 0 Å². The van der Waals surface area contributed by atoms with E-state index in [1.165, 1.54) is 9.09 Å². The van der Waals surface area contributed by atoms with Crippen molar-refractivity contribution in [2.75, 3.05) is 14.1 Å². The van der Waals surface area contributed by atoms with Gasteiger partial charge in [-0.1, -0.05) is 11.8 Å². The molecule has 2 N–H and O–H groups in total. The molecule has 0 atom stereocenters. The lowest BCUT2D eigenvalue weighted by Gasteiger charge is -2.10. The molecule has 3 nitrogen and oxygen atoms in total. The van der Waals surface area contributed by atoms with Crippen LogP contribution in [0.3, 0.4) is 0 Å². The van der Waals surface area contributed by atoms with Crippen LogP contribution in [0.2, 0.25) is 0 Å². The lowest BCUT2D eigenvalue weighted by atomic mass is 10.2. The first-order chi connectivity index (χ1) is 9.10. The summed E-state index contributed by atoms with van der Waals surface area (Å²) in [7, 11) is 3.51. The molecule has 0 aliphatic rings. The molecule has 1 heterocycles. The van der Waals surface area contributed by atoms with Gasteiger partial charge < -0.3 is 10.6 Å². The van der Waals surface area contributed by atoms with Crippen LogP contribution in [0.15, 0.2) is 45.5 Å². The minimum atomic E-state index is 0.0260. The van der Waals surface area contributed by atoms with Gasteiger partial charge in [-0.15, -0.1) is 11.3 Å². The van der Waals surface area contributed by atoms with Gasteiger partial charge in [-0.3, -0.25) is 4.79 Å². The molecule has 5 heteroatoms. The van der Waals surface area contributed by atoms with Gasteiger partial charge in [0.25, 0.3) is 5.91 Å². The van der Waals surface area contributed by atoms with Gasteiger partial charge in [-0.05, 0) is 36.4 Å². The molecular weight excluding hydrogens is 276 g/mol. The fourth-order valence-corrected chi connectivity index (χ4v) is 3.59. The summed E-state index contributed by atoms with van der Waals surface area (Å²) in [5.41, 5.74) is 6.31. The summed E-state index contributed by atoms with van der Waals surface area (Å²) in [5, 5.41) is 0. The lowest BCUT2D eigenvalue weighted by Crippen LogP contribution is -2.21. The number of hydrogen-bond acceptors (Lipinski definition) is 4. The summed E-state index contributed by atoms with van der Waals surface area (Å²) in [6.07, 6.45) is 0. The van der Waals surface area contributed by atoms with E-state index in [9.17, 15) is 4.79 Å². The number of nitrogens with zero attached hydrogens (tertiary/aromatic N) is 1. The van der Waals surface area contributed by atoms with Gasteiger partial charge in [0.05, 0.1) is 4.21 Å². The topological polar surface area (TPSA) is 46.3 Å². The highest BCUT2D eigenvalue weighted by Crippen LogP contribution is 2.33. The molecule has 0 fully saturated rings. The zero-order valence-corrected chi connectivity index (χ0v) is 12.6. The Kier molecular flexibility index (Phi) is 4.63. The van der Waals surface area contributed by atoms with E-state index in [0.29, 0.717) is 12.1 Å². The molecule has 1 amide bonds. The Labute approximate surface area is 121 Å². The Balaban J connectivity index is 2.08. The van der Waals surface area contributed by atoms with Gasteiger partial charge in [0.2, 0.25) is 0 Å². The third kappa shape index (κ3) is 3.59. The number of carbonyl (C=O) groups excluding carboxylic acids is 1. The van der Waals surface area contributed by atoms with E-state index in [-0.39, 0.29) is 5.91 Å². The highest BCUT2D eigenvalue weighted by Gasteiger charge is 2.08. The lowest BCUT2D eigenvalue weighted by molar-refractivity contribution is 0.0827. The van der Waals surface area contributed by atoms with Crippen molar-refractivity contribution in [1.29, 1.82) is 0 Å². The minimum Gasteiger partial charge on any atom is -0.345 e. The standard InChI is InChI=1S/C14H16N2OS2/c1-16(2)14(17)10-3-5-11(6-4-10)18-13-8-7-12(9-15)19-13/h3-8H,9,15H2,1-2H3. The first kappa shape index (κ1) is 14.1. The van der Waals surface area contributed by atoms with E-state index in [4.69, 9.17) is 5.73 Å². The maximum atomic E-state index is 11.8. The van der Waals surface area contributed by atoms with Gasteiger partial charge in [0, 0.05) is 36.0 Å². The quantitative estimate of drug-likeness (QED) is 0.942. The van der Waals surface area contributed by atoms with Crippen LogP contribution >= 0.6 is 23.1 Å². The van der Waals surface area contributed by atoms with Crippen molar-refractivity contribution >= 4 is 29.0 Å². The van der Waals surface area contributed by atoms with E-state index >= 15 is 0 Å². The van der Waals surface area contributed by atoms with Gasteiger partial charge in [0.15, 0.2) is 0 Å². The van der Waals surface area contributed by atoms with E-state index in [1.54, 1.807) is 42.1 Å². The summed E-state index contributed by atoms with van der Waals surface area (Å²) in [4.78, 5) is 15.6. The number of rotatable bonds is 4. The Morgan fingerprint density at radius 2 is 1.89 bits per heavy atom. The third-order valence-corrected chi connectivity index (χ3v) is 4.81. The molecule has 1 aromatic heterocycles. The molecule has 0 radical (unpaired) electrons. The van der Waals surface area contributed by atoms with Crippen molar-refractivity contribution in [3.8, 4) is 0 Å². The number of nitrogens with two attached hydrogens (primary N) is 1. The van der Waals surface area contributed by atoms with Crippen molar-refractivity contribution < 1.29 is 4.79 Å². The second kappa shape index (κ2) is 6.23. The molecule has 0 unspecified atom stereocenters. The molecule has 0 spiro atoms. The first-order valence-electron chi connectivity index (χ1n) is 5.88. The van der Waals surface area contributed by atoms with Crippen molar-refractivity contribution in [1.82, 2.24) is 4.90 Å². The van der Waals surface area contributed by atoms with Crippen LogP contribution in [-0.2, 0) is 6.54 Å². The minimum absolute atomic E-state index is 0.0260. The second-order valence-corrected chi connectivity index (χ2v) is 6.79. The van der Waals surface area contributed by atoms with Crippen molar-refractivity contribution in [2.24, 2.45) is 5.73 Å². The van der Waals surface area contributed by atoms with Crippen molar-refractivity contribution in [3.63, 3.8) is 0 Å². The highest BCUT2D eigenvalue weighted by atomic mass is 32.2.